The van der Waals surface area contributed by atoms with Crippen LogP contribution in [0.1, 0.15) is 24.0 Å². The molecular formula is C16H17FN4. The molecule has 4 nitrogen and oxygen atoms in total. The largest absolute Gasteiger partial charge is 0.310 e. The van der Waals surface area contributed by atoms with E-state index < -0.39 is 0 Å². The Hall–Kier alpha value is -2.01. The topological polar surface area (TPSA) is 41.1 Å². The Bertz CT molecular complexity index is 652. The van der Waals surface area contributed by atoms with Gasteiger partial charge in [0, 0.05) is 37.1 Å². The molecule has 0 bridgehead atoms. The van der Waals surface area contributed by atoms with Crippen LogP contribution >= 0.6 is 0 Å². The van der Waals surface area contributed by atoms with Crippen LogP contribution in [0.5, 0.6) is 0 Å². The first kappa shape index (κ1) is 12.7. The molecule has 1 saturated carbocycles. The Labute approximate surface area is 123 Å². The lowest BCUT2D eigenvalue weighted by Crippen LogP contribution is -2.18. The number of halogens is 1. The molecule has 2 heterocycles. The Morgan fingerprint density at radius 2 is 2.05 bits per heavy atom. The fraction of sp³-hybridized carbons (Fsp3) is 0.375. The van der Waals surface area contributed by atoms with Gasteiger partial charge in [0.1, 0.15) is 5.82 Å². The van der Waals surface area contributed by atoms with Crippen molar-refractivity contribution < 1.29 is 4.39 Å². The van der Waals surface area contributed by atoms with Crippen molar-refractivity contribution in [3.8, 4) is 0 Å². The molecular weight excluding hydrogens is 267 g/mol. The van der Waals surface area contributed by atoms with E-state index in [0.29, 0.717) is 12.0 Å². The van der Waals surface area contributed by atoms with Crippen molar-refractivity contribution in [1.29, 1.82) is 0 Å². The van der Waals surface area contributed by atoms with Crippen LogP contribution in [0.2, 0.25) is 0 Å². The Morgan fingerprint density at radius 3 is 2.81 bits per heavy atom. The molecule has 1 aliphatic carbocycles. The maximum Gasteiger partial charge on any atom is 0.229 e. The van der Waals surface area contributed by atoms with Crippen LogP contribution in [0.3, 0.4) is 0 Å². The molecule has 1 N–H and O–H groups in total. The van der Waals surface area contributed by atoms with Gasteiger partial charge in [0.25, 0.3) is 0 Å². The number of rotatable bonds is 4. The Kier molecular flexibility index (Phi) is 3.07. The average molecular weight is 284 g/mol. The minimum atomic E-state index is -0.217. The van der Waals surface area contributed by atoms with Crippen molar-refractivity contribution in [2.75, 3.05) is 11.4 Å². The predicted octanol–water partition coefficient (Wildman–Crippen LogP) is 2.56. The molecule has 4 rings (SSSR count). The first-order valence-corrected chi connectivity index (χ1v) is 7.40. The number of hydrogen-bond donors (Lipinski definition) is 1. The van der Waals surface area contributed by atoms with Gasteiger partial charge in [-0.05, 0) is 37.0 Å². The third-order valence-corrected chi connectivity index (χ3v) is 4.05. The third-order valence-electron chi connectivity index (χ3n) is 4.05. The standard InChI is InChI=1S/C16H17FN4/c17-13-2-1-12-5-6-21(15(12)7-13)16-19-9-11(10-20-16)8-18-14-3-4-14/h1-2,7,9-10,14,18H,3-6,8H2. The van der Waals surface area contributed by atoms with Gasteiger partial charge in [0.05, 0.1) is 5.69 Å². The molecule has 21 heavy (non-hydrogen) atoms. The van der Waals surface area contributed by atoms with Gasteiger partial charge in [-0.3, -0.25) is 0 Å². The van der Waals surface area contributed by atoms with Gasteiger partial charge in [-0.2, -0.15) is 0 Å². The normalized spacial score (nSPS) is 17.1. The van der Waals surface area contributed by atoms with Crippen LogP contribution in [-0.2, 0) is 13.0 Å². The second kappa shape index (κ2) is 5.07. The first-order valence-electron chi connectivity index (χ1n) is 7.40. The van der Waals surface area contributed by atoms with Crippen LogP contribution in [0.4, 0.5) is 16.0 Å². The summed E-state index contributed by atoms with van der Waals surface area (Å²) in [5.74, 6) is 0.431. The van der Waals surface area contributed by atoms with E-state index >= 15 is 0 Å². The lowest BCUT2D eigenvalue weighted by molar-refractivity contribution is 0.628. The van der Waals surface area contributed by atoms with Crippen molar-refractivity contribution >= 4 is 11.6 Å². The highest BCUT2D eigenvalue weighted by molar-refractivity contribution is 5.65. The average Bonchev–Trinajstić information content (AvgIpc) is 3.25. The number of benzene rings is 1. The number of aromatic nitrogens is 2. The van der Waals surface area contributed by atoms with Crippen LogP contribution in [0.15, 0.2) is 30.6 Å². The van der Waals surface area contributed by atoms with E-state index in [-0.39, 0.29) is 5.82 Å². The molecule has 0 unspecified atom stereocenters. The summed E-state index contributed by atoms with van der Waals surface area (Å²) in [6, 6.07) is 5.60. The lowest BCUT2D eigenvalue weighted by atomic mass is 10.2. The van der Waals surface area contributed by atoms with Gasteiger partial charge in [-0.1, -0.05) is 6.07 Å². The number of fused-ring (bicyclic) bond motifs is 1. The van der Waals surface area contributed by atoms with Gasteiger partial charge < -0.3 is 10.2 Å². The van der Waals surface area contributed by atoms with Crippen molar-refractivity contribution in [2.45, 2.75) is 31.8 Å². The summed E-state index contributed by atoms with van der Waals surface area (Å²) in [6.07, 6.45) is 7.16. The quantitative estimate of drug-likeness (QED) is 0.937. The number of anilines is 2. The van der Waals surface area contributed by atoms with Gasteiger partial charge in [-0.15, -0.1) is 0 Å². The highest BCUT2D eigenvalue weighted by Crippen LogP contribution is 2.32. The van der Waals surface area contributed by atoms with Gasteiger partial charge in [-0.25, -0.2) is 14.4 Å². The second-order valence-electron chi connectivity index (χ2n) is 5.72. The molecule has 2 aliphatic rings. The summed E-state index contributed by atoms with van der Waals surface area (Å²) >= 11 is 0. The molecule has 108 valence electrons. The van der Waals surface area contributed by atoms with Crippen molar-refractivity contribution in [3.05, 3.63) is 47.5 Å². The summed E-state index contributed by atoms with van der Waals surface area (Å²) < 4.78 is 13.4. The first-order chi connectivity index (χ1) is 10.3. The van der Waals surface area contributed by atoms with E-state index in [4.69, 9.17) is 0 Å². The van der Waals surface area contributed by atoms with Crippen LogP contribution in [0, 0.1) is 5.82 Å². The fourth-order valence-electron chi connectivity index (χ4n) is 2.69. The van der Waals surface area contributed by atoms with Crippen molar-refractivity contribution in [2.24, 2.45) is 0 Å². The third kappa shape index (κ3) is 2.61. The lowest BCUT2D eigenvalue weighted by Gasteiger charge is -2.17. The molecule has 0 amide bonds. The molecule has 1 aromatic heterocycles. The van der Waals surface area contributed by atoms with E-state index in [9.17, 15) is 4.39 Å². The minimum Gasteiger partial charge on any atom is -0.310 e. The van der Waals surface area contributed by atoms with Gasteiger partial charge in [0.2, 0.25) is 5.95 Å². The van der Waals surface area contributed by atoms with E-state index in [2.05, 4.69) is 15.3 Å². The van der Waals surface area contributed by atoms with Crippen LogP contribution in [-0.4, -0.2) is 22.6 Å². The Balaban J connectivity index is 1.53. The van der Waals surface area contributed by atoms with E-state index in [1.807, 2.05) is 23.4 Å². The second-order valence-corrected chi connectivity index (χ2v) is 5.72. The van der Waals surface area contributed by atoms with Crippen molar-refractivity contribution in [3.63, 3.8) is 0 Å². The highest BCUT2D eigenvalue weighted by Gasteiger charge is 2.23. The monoisotopic (exact) mass is 284 g/mol. The van der Waals surface area contributed by atoms with E-state index in [1.54, 1.807) is 6.07 Å². The number of hydrogen-bond acceptors (Lipinski definition) is 4. The summed E-state index contributed by atoms with van der Waals surface area (Å²) in [5, 5.41) is 3.44. The zero-order chi connectivity index (χ0) is 14.2. The Morgan fingerprint density at radius 1 is 1.24 bits per heavy atom. The molecule has 0 radical (unpaired) electrons. The summed E-state index contributed by atoms with van der Waals surface area (Å²) in [5.41, 5.74) is 3.13. The van der Waals surface area contributed by atoms with E-state index in [0.717, 1.165) is 36.3 Å². The molecule has 1 aromatic carbocycles. The predicted molar refractivity (Wildman–Crippen MR) is 79.0 cm³/mol. The number of nitrogens with one attached hydrogen (secondary N) is 1. The minimum absolute atomic E-state index is 0.217. The molecule has 5 heteroatoms. The molecule has 0 atom stereocenters. The van der Waals surface area contributed by atoms with Crippen LogP contribution in [0.25, 0.3) is 0 Å². The van der Waals surface area contributed by atoms with Gasteiger partial charge >= 0.3 is 0 Å². The fourth-order valence-corrected chi connectivity index (χ4v) is 2.69. The van der Waals surface area contributed by atoms with E-state index in [1.165, 1.54) is 18.9 Å². The SMILES string of the molecule is Fc1ccc2c(c1)N(c1ncc(CNC3CC3)cn1)CC2. The number of nitrogens with zero attached hydrogens (tertiary/aromatic N) is 3. The van der Waals surface area contributed by atoms with Crippen molar-refractivity contribution in [1.82, 2.24) is 15.3 Å². The zero-order valence-corrected chi connectivity index (χ0v) is 11.7. The summed E-state index contributed by atoms with van der Waals surface area (Å²) in [7, 11) is 0. The summed E-state index contributed by atoms with van der Waals surface area (Å²) in [4.78, 5) is 10.9. The van der Waals surface area contributed by atoms with Crippen LogP contribution < -0.4 is 10.2 Å². The maximum absolute atomic E-state index is 13.4. The molecule has 0 saturated heterocycles. The smallest absolute Gasteiger partial charge is 0.229 e. The molecule has 2 aromatic rings. The molecule has 0 spiro atoms. The molecule has 1 aliphatic heterocycles. The molecule has 1 fully saturated rings. The highest BCUT2D eigenvalue weighted by atomic mass is 19.1. The maximum atomic E-state index is 13.4. The zero-order valence-electron chi connectivity index (χ0n) is 11.7. The summed E-state index contributed by atoms with van der Waals surface area (Å²) in [6.45, 7) is 1.62. The van der Waals surface area contributed by atoms with Gasteiger partial charge in [0.15, 0.2) is 0 Å².